The molecule has 1 rings (SSSR count). The van der Waals surface area contributed by atoms with Crippen molar-refractivity contribution in [1.29, 1.82) is 0 Å². The van der Waals surface area contributed by atoms with Gasteiger partial charge in [0, 0.05) is 12.0 Å². The van der Waals surface area contributed by atoms with E-state index in [1.165, 1.54) is 12.8 Å². The molecule has 1 aliphatic carbocycles. The molecule has 2 heteroatoms. The third-order valence-corrected chi connectivity index (χ3v) is 3.07. The van der Waals surface area contributed by atoms with Crippen molar-refractivity contribution in [1.82, 2.24) is 0 Å². The minimum atomic E-state index is 0.456. The van der Waals surface area contributed by atoms with Crippen molar-refractivity contribution in [3.8, 4) is 0 Å². The summed E-state index contributed by atoms with van der Waals surface area (Å²) in [5, 5.41) is 0. The fraction of sp³-hybridized carbons (Fsp3) is 0.800. The van der Waals surface area contributed by atoms with Crippen LogP contribution in [-0.2, 0) is 4.74 Å². The number of hydrogen-bond donors (Lipinski definition) is 1. The second-order valence-corrected chi connectivity index (χ2v) is 3.96. The van der Waals surface area contributed by atoms with Crippen molar-refractivity contribution in [2.24, 2.45) is 5.41 Å². The molecule has 0 spiro atoms. The molecule has 0 amide bonds. The third-order valence-electron chi connectivity index (χ3n) is 2.40. The Balaban J connectivity index is 1.92. The van der Waals surface area contributed by atoms with Crippen LogP contribution in [0.5, 0.6) is 0 Å². The fourth-order valence-corrected chi connectivity index (χ4v) is 1.55. The van der Waals surface area contributed by atoms with E-state index in [0.29, 0.717) is 5.41 Å². The summed E-state index contributed by atoms with van der Waals surface area (Å²) in [7, 11) is 0. The molecule has 0 N–H and O–H groups in total. The molecule has 0 radical (unpaired) electrons. The van der Waals surface area contributed by atoms with E-state index in [1.54, 1.807) is 0 Å². The van der Waals surface area contributed by atoms with E-state index in [9.17, 15) is 0 Å². The van der Waals surface area contributed by atoms with Gasteiger partial charge in [0.05, 0.1) is 6.61 Å². The lowest BCUT2D eigenvalue weighted by atomic mass is 10.2. The number of unbranched alkanes of at least 4 members (excludes halogenated alkanes) is 1. The molecule has 0 unspecified atom stereocenters. The van der Waals surface area contributed by atoms with Gasteiger partial charge in [-0.3, -0.25) is 0 Å². The predicted octanol–water partition coefficient (Wildman–Crippen LogP) is 2.68. The molecular formula is C10H18OS. The molecule has 0 saturated heterocycles. The zero-order valence-electron chi connectivity index (χ0n) is 7.59. The standard InChI is InChI=1S/C10H18OS/c1-2-3-4-7-11-8-10(9-12)5-6-10/h2,12H,1,3-9H2. The summed E-state index contributed by atoms with van der Waals surface area (Å²) in [6.07, 6.45) is 6.71. The molecule has 1 saturated carbocycles. The molecule has 1 aliphatic rings. The lowest BCUT2D eigenvalue weighted by molar-refractivity contribution is 0.0968. The highest BCUT2D eigenvalue weighted by Crippen LogP contribution is 2.46. The van der Waals surface area contributed by atoms with Crippen molar-refractivity contribution in [2.75, 3.05) is 19.0 Å². The molecule has 0 aromatic rings. The first-order valence-electron chi connectivity index (χ1n) is 4.62. The maximum Gasteiger partial charge on any atom is 0.0530 e. The molecule has 12 heavy (non-hydrogen) atoms. The van der Waals surface area contributed by atoms with Crippen molar-refractivity contribution < 1.29 is 4.74 Å². The average Bonchev–Trinajstić information content (AvgIpc) is 2.85. The number of hydrogen-bond acceptors (Lipinski definition) is 2. The Labute approximate surface area is 80.6 Å². The number of ether oxygens (including phenoxy) is 1. The molecule has 70 valence electrons. The average molecular weight is 186 g/mol. The summed E-state index contributed by atoms with van der Waals surface area (Å²) < 4.78 is 5.56. The van der Waals surface area contributed by atoms with E-state index in [2.05, 4.69) is 19.2 Å². The van der Waals surface area contributed by atoms with Gasteiger partial charge in [-0.05, 0) is 31.4 Å². The second-order valence-electron chi connectivity index (χ2n) is 3.64. The van der Waals surface area contributed by atoms with Gasteiger partial charge in [0.2, 0.25) is 0 Å². The summed E-state index contributed by atoms with van der Waals surface area (Å²) in [5.74, 6) is 0.981. The van der Waals surface area contributed by atoms with Gasteiger partial charge in [0.1, 0.15) is 0 Å². The predicted molar refractivity (Wildman–Crippen MR) is 55.8 cm³/mol. The molecule has 0 aromatic heterocycles. The van der Waals surface area contributed by atoms with Crippen LogP contribution in [0.15, 0.2) is 12.7 Å². The van der Waals surface area contributed by atoms with Crippen molar-refractivity contribution in [3.63, 3.8) is 0 Å². The summed E-state index contributed by atoms with van der Waals surface area (Å²) in [6.45, 7) is 5.45. The van der Waals surface area contributed by atoms with Crippen molar-refractivity contribution >= 4 is 12.6 Å². The van der Waals surface area contributed by atoms with E-state index in [1.807, 2.05) is 6.08 Å². The molecule has 1 nitrogen and oxygen atoms in total. The Kier molecular flexibility index (Phi) is 4.16. The summed E-state index contributed by atoms with van der Waals surface area (Å²) in [4.78, 5) is 0. The van der Waals surface area contributed by atoms with Gasteiger partial charge in [-0.15, -0.1) is 6.58 Å². The van der Waals surface area contributed by atoms with Crippen LogP contribution in [0.25, 0.3) is 0 Å². The van der Waals surface area contributed by atoms with Crippen LogP contribution in [0.3, 0.4) is 0 Å². The molecule has 0 heterocycles. The Morgan fingerprint density at radius 1 is 1.50 bits per heavy atom. The maximum absolute atomic E-state index is 5.56. The van der Waals surface area contributed by atoms with Crippen LogP contribution >= 0.6 is 12.6 Å². The van der Waals surface area contributed by atoms with Crippen LogP contribution in [0, 0.1) is 5.41 Å². The van der Waals surface area contributed by atoms with Gasteiger partial charge in [-0.2, -0.15) is 12.6 Å². The normalized spacial score (nSPS) is 19.1. The highest BCUT2D eigenvalue weighted by Gasteiger charge is 2.41. The topological polar surface area (TPSA) is 9.23 Å². The van der Waals surface area contributed by atoms with Gasteiger partial charge < -0.3 is 4.74 Å². The molecular weight excluding hydrogens is 168 g/mol. The van der Waals surface area contributed by atoms with E-state index in [-0.39, 0.29) is 0 Å². The minimum absolute atomic E-state index is 0.456. The summed E-state index contributed by atoms with van der Waals surface area (Å²) in [5.41, 5.74) is 0.456. The van der Waals surface area contributed by atoms with Gasteiger partial charge in [-0.25, -0.2) is 0 Å². The van der Waals surface area contributed by atoms with Crippen molar-refractivity contribution in [2.45, 2.75) is 25.7 Å². The second kappa shape index (κ2) is 4.93. The molecule has 0 aromatic carbocycles. The van der Waals surface area contributed by atoms with Crippen LogP contribution in [0.4, 0.5) is 0 Å². The minimum Gasteiger partial charge on any atom is -0.381 e. The van der Waals surface area contributed by atoms with Crippen LogP contribution in [-0.4, -0.2) is 19.0 Å². The van der Waals surface area contributed by atoms with E-state index >= 15 is 0 Å². The van der Waals surface area contributed by atoms with Crippen LogP contribution < -0.4 is 0 Å². The quantitative estimate of drug-likeness (QED) is 0.365. The smallest absolute Gasteiger partial charge is 0.0530 e. The first kappa shape index (κ1) is 10.1. The van der Waals surface area contributed by atoms with E-state index < -0.39 is 0 Å². The molecule has 1 fully saturated rings. The monoisotopic (exact) mass is 186 g/mol. The largest absolute Gasteiger partial charge is 0.381 e. The van der Waals surface area contributed by atoms with E-state index in [0.717, 1.165) is 31.8 Å². The first-order chi connectivity index (χ1) is 5.83. The maximum atomic E-state index is 5.56. The Hall–Kier alpha value is 0.0500. The fourth-order valence-electron chi connectivity index (χ4n) is 1.14. The zero-order valence-corrected chi connectivity index (χ0v) is 8.48. The van der Waals surface area contributed by atoms with Crippen molar-refractivity contribution in [3.05, 3.63) is 12.7 Å². The van der Waals surface area contributed by atoms with Gasteiger partial charge in [0.25, 0.3) is 0 Å². The molecule has 0 atom stereocenters. The highest BCUT2D eigenvalue weighted by molar-refractivity contribution is 7.80. The number of allylic oxidation sites excluding steroid dienone is 1. The van der Waals surface area contributed by atoms with Gasteiger partial charge >= 0.3 is 0 Å². The number of rotatable bonds is 7. The van der Waals surface area contributed by atoms with E-state index in [4.69, 9.17) is 4.74 Å². The number of thiol groups is 1. The Morgan fingerprint density at radius 3 is 2.75 bits per heavy atom. The van der Waals surface area contributed by atoms with Crippen LogP contribution in [0.1, 0.15) is 25.7 Å². The third kappa shape index (κ3) is 3.20. The lowest BCUT2D eigenvalue weighted by Crippen LogP contribution is -2.12. The Bertz CT molecular complexity index is 141. The molecule has 0 bridgehead atoms. The summed E-state index contributed by atoms with van der Waals surface area (Å²) in [6, 6.07) is 0. The lowest BCUT2D eigenvalue weighted by Gasteiger charge is -2.11. The highest BCUT2D eigenvalue weighted by atomic mass is 32.1. The SMILES string of the molecule is C=CCCCOCC1(CS)CC1. The Morgan fingerprint density at radius 2 is 2.25 bits per heavy atom. The van der Waals surface area contributed by atoms with Crippen LogP contribution in [0.2, 0.25) is 0 Å². The zero-order chi connectivity index (χ0) is 8.86. The first-order valence-corrected chi connectivity index (χ1v) is 5.26. The molecule has 0 aliphatic heterocycles. The van der Waals surface area contributed by atoms with Gasteiger partial charge in [0.15, 0.2) is 0 Å². The van der Waals surface area contributed by atoms with Gasteiger partial charge in [-0.1, -0.05) is 6.08 Å². The summed E-state index contributed by atoms with van der Waals surface area (Å²) >= 11 is 4.31.